The van der Waals surface area contributed by atoms with Gasteiger partial charge >= 0.3 is 6.03 Å². The molecule has 14 heteroatoms. The van der Waals surface area contributed by atoms with E-state index in [1.54, 1.807) is 42.3 Å². The molecule has 1 saturated carbocycles. The van der Waals surface area contributed by atoms with Gasteiger partial charge < -0.3 is 40.9 Å². The lowest BCUT2D eigenvalue weighted by atomic mass is 9.91. The van der Waals surface area contributed by atoms with Crippen LogP contribution in [0.25, 0.3) is 11.2 Å². The van der Waals surface area contributed by atoms with Gasteiger partial charge in [0.15, 0.2) is 17.0 Å². The molecule has 1 aliphatic heterocycles. The van der Waals surface area contributed by atoms with Crippen molar-refractivity contribution in [2.75, 3.05) is 35.2 Å². The Morgan fingerprint density at radius 1 is 0.941 bits per heavy atom. The number of aliphatic hydroxyl groups excluding tert-OH is 2. The summed E-state index contributed by atoms with van der Waals surface area (Å²) in [6, 6.07) is 22.4. The number of benzene rings is 2. The smallest absolute Gasteiger partial charge is 0.319 e. The van der Waals surface area contributed by atoms with E-state index in [2.05, 4.69) is 50.5 Å². The summed E-state index contributed by atoms with van der Waals surface area (Å²) in [5.41, 5.74) is 3.90. The molecule has 5 atom stereocenters. The second kappa shape index (κ2) is 15.1. The van der Waals surface area contributed by atoms with Crippen LogP contribution in [0.5, 0.6) is 0 Å². The van der Waals surface area contributed by atoms with Gasteiger partial charge in [-0.25, -0.2) is 9.78 Å². The highest BCUT2D eigenvalue weighted by Crippen LogP contribution is 2.35. The molecule has 1 saturated heterocycles. The van der Waals surface area contributed by atoms with Crippen molar-refractivity contribution in [1.29, 1.82) is 0 Å². The van der Waals surface area contributed by atoms with E-state index in [0.717, 1.165) is 11.1 Å². The number of nitrogens with zero attached hydrogens (tertiary/aromatic N) is 6. The fourth-order valence-electron chi connectivity index (χ4n) is 6.99. The van der Waals surface area contributed by atoms with Crippen molar-refractivity contribution < 1.29 is 19.8 Å². The molecule has 264 valence electrons. The molecule has 0 unspecified atom stereocenters. The van der Waals surface area contributed by atoms with Gasteiger partial charge in [-0.1, -0.05) is 67.6 Å². The molecular weight excluding hydrogens is 648 g/mol. The van der Waals surface area contributed by atoms with Crippen molar-refractivity contribution in [2.24, 2.45) is 0 Å². The van der Waals surface area contributed by atoms with Crippen LogP contribution in [0.1, 0.15) is 49.3 Å². The third-order valence-corrected chi connectivity index (χ3v) is 9.69. The molecule has 3 amide bonds. The Morgan fingerprint density at radius 2 is 1.69 bits per heavy atom. The van der Waals surface area contributed by atoms with E-state index in [-0.39, 0.29) is 30.3 Å². The lowest BCUT2D eigenvalue weighted by Crippen LogP contribution is -2.42. The van der Waals surface area contributed by atoms with Crippen LogP contribution in [0, 0.1) is 0 Å². The van der Waals surface area contributed by atoms with Crippen LogP contribution in [0.4, 0.5) is 22.2 Å². The van der Waals surface area contributed by atoms with Crippen LogP contribution < -0.4 is 26.2 Å². The summed E-state index contributed by atoms with van der Waals surface area (Å²) in [4.78, 5) is 45.7. The standard InChI is InChI=1S/C37H42N10O4/c1-2-30(48)43-28-18-29(33(50)32(28)49)47-22-40-31-34(39-20-27(23-10-5-3-6-11-23)24-12-7-4-8-13-24)44-36(45-35(31)47)46-17-15-26(21-46)42-37(51)41-25-14-9-16-38-19-25/h3-14,16,19,22,26-29,32-33,49-50H,2,15,17-18,20-21H2,1H3,(H,43,48)(H,39,44,45)(H2,41,42,51)/t26-,28-,29+,32+,33-/m0/s1. The fraction of sp³-hybridized carbons (Fsp3) is 0.351. The Morgan fingerprint density at radius 3 is 2.37 bits per heavy atom. The third-order valence-electron chi connectivity index (χ3n) is 9.69. The predicted molar refractivity (Wildman–Crippen MR) is 193 cm³/mol. The van der Waals surface area contributed by atoms with E-state index in [4.69, 9.17) is 15.0 Å². The van der Waals surface area contributed by atoms with Gasteiger partial charge in [0, 0.05) is 44.2 Å². The molecule has 0 spiro atoms. The highest BCUT2D eigenvalue weighted by molar-refractivity contribution is 5.89. The van der Waals surface area contributed by atoms with Gasteiger partial charge in [-0.15, -0.1) is 0 Å². The Bertz CT molecular complexity index is 1910. The summed E-state index contributed by atoms with van der Waals surface area (Å²) in [6.07, 6.45) is 3.79. The topological polar surface area (TPSA) is 182 Å². The maximum Gasteiger partial charge on any atom is 0.319 e. The third kappa shape index (κ3) is 7.47. The predicted octanol–water partition coefficient (Wildman–Crippen LogP) is 3.43. The molecule has 2 aliphatic rings. The average molecular weight is 691 g/mol. The zero-order valence-electron chi connectivity index (χ0n) is 28.3. The number of rotatable bonds is 11. The van der Waals surface area contributed by atoms with E-state index in [1.165, 1.54) is 0 Å². The minimum atomic E-state index is -1.15. The quantitative estimate of drug-likeness (QED) is 0.120. The van der Waals surface area contributed by atoms with Crippen LogP contribution in [0.2, 0.25) is 0 Å². The number of imidazole rings is 1. The van der Waals surface area contributed by atoms with E-state index < -0.39 is 24.3 Å². The van der Waals surface area contributed by atoms with Crippen molar-refractivity contribution >= 4 is 40.6 Å². The second-order valence-corrected chi connectivity index (χ2v) is 13.0. The molecule has 4 heterocycles. The van der Waals surface area contributed by atoms with Crippen molar-refractivity contribution in [3.63, 3.8) is 0 Å². The molecule has 2 aromatic carbocycles. The number of urea groups is 1. The van der Waals surface area contributed by atoms with E-state index >= 15 is 0 Å². The van der Waals surface area contributed by atoms with Gasteiger partial charge in [-0.3, -0.25) is 9.78 Å². The molecule has 7 rings (SSSR count). The lowest BCUT2D eigenvalue weighted by molar-refractivity contribution is -0.122. The van der Waals surface area contributed by atoms with Gasteiger partial charge in [0.1, 0.15) is 12.2 Å². The van der Waals surface area contributed by atoms with Crippen LogP contribution in [-0.4, -0.2) is 90.6 Å². The number of fused-ring (bicyclic) bond motifs is 1. The van der Waals surface area contributed by atoms with Gasteiger partial charge in [-0.2, -0.15) is 9.97 Å². The number of pyridine rings is 1. The molecule has 51 heavy (non-hydrogen) atoms. The maximum atomic E-state index is 12.8. The number of nitrogens with one attached hydrogen (secondary N) is 4. The van der Waals surface area contributed by atoms with Gasteiger partial charge in [-0.05, 0) is 36.1 Å². The monoisotopic (exact) mass is 690 g/mol. The summed E-state index contributed by atoms with van der Waals surface area (Å²) < 4.78 is 1.77. The van der Waals surface area contributed by atoms with Crippen LogP contribution >= 0.6 is 0 Å². The first kappa shape index (κ1) is 33.9. The molecule has 3 aromatic heterocycles. The highest BCUT2D eigenvalue weighted by atomic mass is 16.3. The molecule has 1 aliphatic carbocycles. The minimum Gasteiger partial charge on any atom is -0.388 e. The summed E-state index contributed by atoms with van der Waals surface area (Å²) in [5, 5.41) is 34.3. The summed E-state index contributed by atoms with van der Waals surface area (Å²) >= 11 is 0. The van der Waals surface area contributed by atoms with Crippen LogP contribution in [-0.2, 0) is 4.79 Å². The molecular formula is C37H42N10O4. The first-order valence-corrected chi connectivity index (χ1v) is 17.3. The molecule has 0 radical (unpaired) electrons. The number of aromatic nitrogens is 5. The first-order chi connectivity index (χ1) is 24.9. The van der Waals surface area contributed by atoms with Crippen LogP contribution in [0.3, 0.4) is 0 Å². The number of amides is 3. The van der Waals surface area contributed by atoms with E-state index in [9.17, 15) is 19.8 Å². The lowest BCUT2D eigenvalue weighted by Gasteiger charge is -2.22. The number of hydrogen-bond donors (Lipinski definition) is 6. The van der Waals surface area contributed by atoms with E-state index in [1.807, 2.05) is 41.3 Å². The number of hydrogen-bond acceptors (Lipinski definition) is 10. The number of anilines is 3. The molecule has 5 aromatic rings. The number of carbonyl (C=O) groups excluding carboxylic acids is 2. The highest BCUT2D eigenvalue weighted by Gasteiger charge is 2.44. The SMILES string of the molecule is CCC(=O)N[C@H]1C[C@@H](n2cnc3c(NCC(c4ccccc4)c4ccccc4)nc(N4CC[C@H](NC(=O)Nc5cccnc5)C4)nc32)[C@H](O)[C@@H]1O. The molecule has 0 bridgehead atoms. The Labute approximate surface area is 295 Å². The summed E-state index contributed by atoms with van der Waals surface area (Å²) in [5.74, 6) is 0.788. The largest absolute Gasteiger partial charge is 0.388 e. The Kier molecular flexibility index (Phi) is 10.0. The zero-order valence-corrected chi connectivity index (χ0v) is 28.3. The van der Waals surface area contributed by atoms with Crippen LogP contribution in [0.15, 0.2) is 91.5 Å². The van der Waals surface area contributed by atoms with E-state index in [0.29, 0.717) is 61.1 Å². The summed E-state index contributed by atoms with van der Waals surface area (Å²) in [7, 11) is 0. The second-order valence-electron chi connectivity index (χ2n) is 13.0. The van der Waals surface area contributed by atoms with Gasteiger partial charge in [0.25, 0.3) is 0 Å². The van der Waals surface area contributed by atoms with Gasteiger partial charge in [0.2, 0.25) is 11.9 Å². The summed E-state index contributed by atoms with van der Waals surface area (Å²) in [6.45, 7) is 3.34. The Balaban J connectivity index is 1.19. The molecule has 14 nitrogen and oxygen atoms in total. The average Bonchev–Trinajstić information content (AvgIpc) is 3.87. The number of aliphatic hydroxyl groups is 2. The molecule has 6 N–H and O–H groups in total. The number of carbonyl (C=O) groups is 2. The van der Waals surface area contributed by atoms with Crippen molar-refractivity contribution in [3.05, 3.63) is 103 Å². The zero-order chi connectivity index (χ0) is 35.3. The normalized spacial score (nSPS) is 21.6. The van der Waals surface area contributed by atoms with Crippen molar-refractivity contribution in [3.8, 4) is 0 Å². The first-order valence-electron chi connectivity index (χ1n) is 17.3. The van der Waals surface area contributed by atoms with Gasteiger partial charge in [0.05, 0.1) is 30.3 Å². The Hall–Kier alpha value is -5.60. The molecule has 2 fully saturated rings. The van der Waals surface area contributed by atoms with Crippen molar-refractivity contribution in [1.82, 2.24) is 35.1 Å². The fourth-order valence-corrected chi connectivity index (χ4v) is 6.99. The minimum absolute atomic E-state index is 0.0105. The van der Waals surface area contributed by atoms with Crippen molar-refractivity contribution in [2.45, 2.75) is 62.4 Å². The maximum absolute atomic E-state index is 12.8.